The summed E-state index contributed by atoms with van der Waals surface area (Å²) in [4.78, 5) is 32.6. The molecule has 0 aromatic carbocycles. The van der Waals surface area contributed by atoms with Crippen LogP contribution in [0.3, 0.4) is 0 Å². The molecule has 0 aromatic heterocycles. The van der Waals surface area contributed by atoms with E-state index < -0.39 is 12.0 Å². The van der Waals surface area contributed by atoms with Gasteiger partial charge in [0, 0.05) is 18.5 Å². The number of rotatable bonds is 4. The molecule has 6 heteroatoms. The fourth-order valence-electron chi connectivity index (χ4n) is 1.33. The molecule has 0 saturated carbocycles. The van der Waals surface area contributed by atoms with Crippen molar-refractivity contribution in [2.45, 2.75) is 25.8 Å². The fraction of sp³-hybridized carbons (Fsp3) is 0.500. The summed E-state index contributed by atoms with van der Waals surface area (Å²) in [7, 11) is 0. The lowest BCUT2D eigenvalue weighted by molar-refractivity contribution is -0.135. The zero-order chi connectivity index (χ0) is 12.1. The molecule has 0 radical (unpaired) electrons. The van der Waals surface area contributed by atoms with Gasteiger partial charge in [0.2, 0.25) is 11.8 Å². The van der Waals surface area contributed by atoms with E-state index in [0.717, 1.165) is 0 Å². The molecule has 1 fully saturated rings. The van der Waals surface area contributed by atoms with Gasteiger partial charge in [0.25, 0.3) is 0 Å². The van der Waals surface area contributed by atoms with Gasteiger partial charge in [-0.2, -0.15) is 0 Å². The zero-order valence-corrected chi connectivity index (χ0v) is 8.95. The number of aliphatic carboxylic acids is 1. The van der Waals surface area contributed by atoms with Gasteiger partial charge in [-0.1, -0.05) is 6.08 Å². The Balaban J connectivity index is 2.39. The number of carboxylic acid groups (broad SMARTS) is 1. The van der Waals surface area contributed by atoms with Gasteiger partial charge in [-0.15, -0.1) is 0 Å². The first kappa shape index (κ1) is 12.4. The Morgan fingerprint density at radius 3 is 2.88 bits per heavy atom. The molecule has 1 saturated heterocycles. The standard InChI is InChI=1S/C10H14N2O4/c1-6(10(15)16)4-5-11-7-2-3-8(13)12-9(7)14/h4,7,11H,2-3,5H2,1H3,(H,15,16)(H,12,13,14). The van der Waals surface area contributed by atoms with Crippen LogP contribution < -0.4 is 10.6 Å². The topological polar surface area (TPSA) is 95.5 Å². The lowest BCUT2D eigenvalue weighted by Crippen LogP contribution is -2.50. The second kappa shape index (κ2) is 5.41. The summed E-state index contributed by atoms with van der Waals surface area (Å²) in [5.74, 6) is -1.59. The number of nitrogens with one attached hydrogen (secondary N) is 2. The maximum absolute atomic E-state index is 11.3. The van der Waals surface area contributed by atoms with Crippen LogP contribution in [0.4, 0.5) is 0 Å². The quantitative estimate of drug-likeness (QED) is 0.440. The smallest absolute Gasteiger partial charge is 0.330 e. The van der Waals surface area contributed by atoms with Crippen molar-refractivity contribution in [1.29, 1.82) is 0 Å². The highest BCUT2D eigenvalue weighted by Gasteiger charge is 2.25. The van der Waals surface area contributed by atoms with Gasteiger partial charge in [-0.25, -0.2) is 4.79 Å². The van der Waals surface area contributed by atoms with E-state index >= 15 is 0 Å². The first-order valence-corrected chi connectivity index (χ1v) is 4.98. The van der Waals surface area contributed by atoms with Crippen molar-refractivity contribution in [1.82, 2.24) is 10.6 Å². The number of hydrogen-bond acceptors (Lipinski definition) is 4. The summed E-state index contributed by atoms with van der Waals surface area (Å²) in [6.45, 7) is 1.78. The van der Waals surface area contributed by atoms with E-state index in [1.165, 1.54) is 13.0 Å². The van der Waals surface area contributed by atoms with Crippen LogP contribution >= 0.6 is 0 Å². The Labute approximate surface area is 92.7 Å². The maximum Gasteiger partial charge on any atom is 0.330 e. The number of amides is 2. The highest BCUT2D eigenvalue weighted by atomic mass is 16.4. The molecule has 1 atom stereocenters. The summed E-state index contributed by atoms with van der Waals surface area (Å²) in [6, 6.07) is -0.421. The molecule has 0 aromatic rings. The summed E-state index contributed by atoms with van der Waals surface area (Å²) in [5.41, 5.74) is 0.222. The monoisotopic (exact) mass is 226 g/mol. The van der Waals surface area contributed by atoms with Gasteiger partial charge in [0.1, 0.15) is 0 Å². The predicted octanol–water partition coefficient (Wildman–Crippen LogP) is -0.588. The third kappa shape index (κ3) is 3.47. The molecule has 1 rings (SSSR count). The summed E-state index contributed by atoms with van der Waals surface area (Å²) in [6.07, 6.45) is 2.25. The van der Waals surface area contributed by atoms with Crippen LogP contribution in [-0.2, 0) is 14.4 Å². The van der Waals surface area contributed by atoms with E-state index in [2.05, 4.69) is 10.6 Å². The number of carboxylic acids is 1. The molecule has 88 valence electrons. The second-order valence-corrected chi connectivity index (χ2v) is 3.60. The molecular formula is C10H14N2O4. The van der Waals surface area contributed by atoms with Crippen molar-refractivity contribution in [3.8, 4) is 0 Å². The average molecular weight is 226 g/mol. The fourth-order valence-corrected chi connectivity index (χ4v) is 1.33. The minimum atomic E-state index is -0.981. The highest BCUT2D eigenvalue weighted by molar-refractivity contribution is 6.00. The van der Waals surface area contributed by atoms with Crippen molar-refractivity contribution in [3.63, 3.8) is 0 Å². The first-order chi connectivity index (χ1) is 7.50. The van der Waals surface area contributed by atoms with Crippen molar-refractivity contribution in [2.24, 2.45) is 0 Å². The Hall–Kier alpha value is -1.69. The molecular weight excluding hydrogens is 212 g/mol. The molecule has 16 heavy (non-hydrogen) atoms. The van der Waals surface area contributed by atoms with E-state index in [0.29, 0.717) is 19.4 Å². The summed E-state index contributed by atoms with van der Waals surface area (Å²) in [5, 5.41) is 13.7. The van der Waals surface area contributed by atoms with Crippen LogP contribution in [0, 0.1) is 0 Å². The normalized spacial score (nSPS) is 21.8. The molecule has 1 heterocycles. The molecule has 1 unspecified atom stereocenters. The van der Waals surface area contributed by atoms with Crippen molar-refractivity contribution in [3.05, 3.63) is 11.6 Å². The Morgan fingerprint density at radius 1 is 1.62 bits per heavy atom. The molecule has 0 bridgehead atoms. The van der Waals surface area contributed by atoms with Crippen LogP contribution in [-0.4, -0.2) is 35.5 Å². The minimum Gasteiger partial charge on any atom is -0.478 e. The molecule has 2 amide bonds. The van der Waals surface area contributed by atoms with Gasteiger partial charge in [-0.05, 0) is 13.3 Å². The van der Waals surface area contributed by atoms with Gasteiger partial charge >= 0.3 is 5.97 Å². The van der Waals surface area contributed by atoms with Crippen molar-refractivity contribution in [2.75, 3.05) is 6.54 Å². The highest BCUT2D eigenvalue weighted by Crippen LogP contribution is 2.03. The number of piperidine rings is 1. The summed E-state index contributed by atoms with van der Waals surface area (Å²) < 4.78 is 0. The first-order valence-electron chi connectivity index (χ1n) is 4.98. The van der Waals surface area contributed by atoms with Crippen molar-refractivity contribution < 1.29 is 19.5 Å². The Bertz CT molecular complexity index is 349. The van der Waals surface area contributed by atoms with Crippen LogP contribution in [0.2, 0.25) is 0 Å². The Morgan fingerprint density at radius 2 is 2.31 bits per heavy atom. The van der Waals surface area contributed by atoms with Crippen LogP contribution in [0.25, 0.3) is 0 Å². The molecule has 0 spiro atoms. The van der Waals surface area contributed by atoms with Crippen LogP contribution in [0.15, 0.2) is 11.6 Å². The second-order valence-electron chi connectivity index (χ2n) is 3.60. The van der Waals surface area contributed by atoms with Gasteiger partial charge < -0.3 is 10.4 Å². The maximum atomic E-state index is 11.3. The van der Waals surface area contributed by atoms with Crippen LogP contribution in [0.5, 0.6) is 0 Å². The average Bonchev–Trinajstić information content (AvgIpc) is 2.20. The molecule has 1 aliphatic heterocycles. The third-order valence-electron chi connectivity index (χ3n) is 2.35. The number of imide groups is 1. The SMILES string of the molecule is CC(=CCNC1CCC(=O)NC1=O)C(=O)O. The molecule has 0 aliphatic carbocycles. The minimum absolute atomic E-state index is 0.222. The van der Waals surface area contributed by atoms with Gasteiger partial charge in [0.05, 0.1) is 6.04 Å². The largest absolute Gasteiger partial charge is 0.478 e. The third-order valence-corrected chi connectivity index (χ3v) is 2.35. The van der Waals surface area contributed by atoms with Gasteiger partial charge in [-0.3, -0.25) is 14.9 Å². The zero-order valence-electron chi connectivity index (χ0n) is 8.95. The van der Waals surface area contributed by atoms with E-state index in [4.69, 9.17) is 5.11 Å². The van der Waals surface area contributed by atoms with Crippen LogP contribution in [0.1, 0.15) is 19.8 Å². The predicted molar refractivity (Wildman–Crippen MR) is 55.6 cm³/mol. The lowest BCUT2D eigenvalue weighted by Gasteiger charge is -2.21. The van der Waals surface area contributed by atoms with E-state index in [9.17, 15) is 14.4 Å². The van der Waals surface area contributed by atoms with E-state index in [1.54, 1.807) is 0 Å². The molecule has 1 aliphatic rings. The summed E-state index contributed by atoms with van der Waals surface area (Å²) >= 11 is 0. The van der Waals surface area contributed by atoms with E-state index in [1.807, 2.05) is 0 Å². The Kier molecular flexibility index (Phi) is 4.19. The molecule has 3 N–H and O–H groups in total. The number of carbonyl (C=O) groups excluding carboxylic acids is 2. The van der Waals surface area contributed by atoms with E-state index in [-0.39, 0.29) is 17.4 Å². The lowest BCUT2D eigenvalue weighted by atomic mass is 10.1. The molecule has 6 nitrogen and oxygen atoms in total. The van der Waals surface area contributed by atoms with Gasteiger partial charge in [0.15, 0.2) is 0 Å². The number of carbonyl (C=O) groups is 3. The number of hydrogen-bond donors (Lipinski definition) is 3. The van der Waals surface area contributed by atoms with Crippen molar-refractivity contribution >= 4 is 17.8 Å².